The molecule has 0 atom stereocenters. The number of nitrogens with zero attached hydrogens (tertiary/aromatic N) is 1. The Morgan fingerprint density at radius 3 is 2.70 bits per heavy atom. The van der Waals surface area contributed by atoms with E-state index >= 15 is 0 Å². The fourth-order valence-electron chi connectivity index (χ4n) is 0.667. The van der Waals surface area contributed by atoms with Crippen molar-refractivity contribution < 1.29 is 9.59 Å². The van der Waals surface area contributed by atoms with E-state index in [0.29, 0.717) is 0 Å². The van der Waals surface area contributed by atoms with Crippen molar-refractivity contribution in [1.82, 2.24) is 10.2 Å². The summed E-state index contributed by atoms with van der Waals surface area (Å²) < 4.78 is 0. The van der Waals surface area contributed by atoms with Crippen LogP contribution in [0, 0.1) is 12.0 Å². The second-order valence-corrected chi connectivity index (χ2v) is 1.80. The van der Waals surface area contributed by atoms with Gasteiger partial charge in [0.25, 0.3) is 0 Å². The molecule has 10 heavy (non-hydrogen) atoms. The number of urea groups is 1. The maximum atomic E-state index is 10.7. The lowest BCUT2D eigenvalue weighted by atomic mass is 10.6. The monoisotopic (exact) mass is 138 g/mol. The Bertz CT molecular complexity index is 236. The quantitative estimate of drug-likeness (QED) is 0.363. The molecule has 1 rings (SSSR count). The summed E-state index contributed by atoms with van der Waals surface area (Å²) in [7, 11) is 0. The highest BCUT2D eigenvalue weighted by Gasteiger charge is 2.24. The highest BCUT2D eigenvalue weighted by atomic mass is 16.2. The predicted octanol–water partition coefficient (Wildman–Crippen LogP) is -0.481. The molecule has 0 radical (unpaired) electrons. The standard InChI is InChI=1S/C6H6N2O2/c1-2-3-8-4-5(9)7-6(8)10/h4H2,1H3,(H,7,9,10). The van der Waals surface area contributed by atoms with Crippen molar-refractivity contribution in [1.29, 1.82) is 0 Å². The van der Waals surface area contributed by atoms with E-state index in [9.17, 15) is 9.59 Å². The number of nitrogens with one attached hydrogen (secondary N) is 1. The topological polar surface area (TPSA) is 49.4 Å². The predicted molar refractivity (Wildman–Crippen MR) is 33.7 cm³/mol. The first kappa shape index (κ1) is 6.62. The number of hydrogen-bond acceptors (Lipinski definition) is 2. The number of carbonyl (C=O) groups excluding carboxylic acids is 2. The number of rotatable bonds is 0. The molecule has 1 aliphatic rings. The average Bonchev–Trinajstić information content (AvgIpc) is 2.13. The molecule has 0 aliphatic carbocycles. The normalized spacial score (nSPS) is 16.3. The van der Waals surface area contributed by atoms with E-state index in [1.165, 1.54) is 0 Å². The molecule has 4 heteroatoms. The van der Waals surface area contributed by atoms with Gasteiger partial charge in [-0.05, 0) is 6.92 Å². The van der Waals surface area contributed by atoms with Crippen LogP contribution in [-0.2, 0) is 4.79 Å². The summed E-state index contributed by atoms with van der Waals surface area (Å²) in [4.78, 5) is 22.3. The van der Waals surface area contributed by atoms with Crippen LogP contribution in [0.2, 0.25) is 0 Å². The van der Waals surface area contributed by atoms with Crippen molar-refractivity contribution in [2.45, 2.75) is 6.92 Å². The first-order chi connectivity index (χ1) is 4.74. The van der Waals surface area contributed by atoms with Crippen LogP contribution >= 0.6 is 0 Å². The molecule has 0 aromatic rings. The maximum absolute atomic E-state index is 10.7. The van der Waals surface area contributed by atoms with Gasteiger partial charge < -0.3 is 0 Å². The van der Waals surface area contributed by atoms with Crippen LogP contribution in [0.4, 0.5) is 4.79 Å². The maximum Gasteiger partial charge on any atom is 0.336 e. The second-order valence-electron chi connectivity index (χ2n) is 1.80. The van der Waals surface area contributed by atoms with Crippen molar-refractivity contribution in [2.75, 3.05) is 6.54 Å². The van der Waals surface area contributed by atoms with E-state index in [4.69, 9.17) is 0 Å². The number of hydrogen-bond donors (Lipinski definition) is 1. The van der Waals surface area contributed by atoms with Crippen molar-refractivity contribution in [3.8, 4) is 12.0 Å². The van der Waals surface area contributed by atoms with E-state index in [2.05, 4.69) is 17.3 Å². The van der Waals surface area contributed by atoms with Crippen LogP contribution in [0.15, 0.2) is 0 Å². The van der Waals surface area contributed by atoms with Gasteiger partial charge in [0.1, 0.15) is 6.54 Å². The molecule has 0 saturated carbocycles. The molecule has 0 aromatic heterocycles. The lowest BCUT2D eigenvalue weighted by molar-refractivity contribution is -0.118. The Hall–Kier alpha value is -1.50. The number of imide groups is 1. The summed E-state index contributed by atoms with van der Waals surface area (Å²) in [6, 6.07) is 2.04. The molecule has 52 valence electrons. The van der Waals surface area contributed by atoms with Crippen molar-refractivity contribution in [3.05, 3.63) is 0 Å². The van der Waals surface area contributed by atoms with Gasteiger partial charge in [-0.25, -0.2) is 9.69 Å². The van der Waals surface area contributed by atoms with Crippen LogP contribution in [0.1, 0.15) is 6.92 Å². The van der Waals surface area contributed by atoms with Gasteiger partial charge in [0.2, 0.25) is 5.91 Å². The molecule has 0 aromatic carbocycles. The van der Waals surface area contributed by atoms with Crippen molar-refractivity contribution >= 4 is 11.9 Å². The van der Waals surface area contributed by atoms with Crippen LogP contribution in [-0.4, -0.2) is 23.4 Å². The summed E-state index contributed by atoms with van der Waals surface area (Å²) >= 11 is 0. The zero-order valence-electron chi connectivity index (χ0n) is 5.47. The first-order valence-electron chi connectivity index (χ1n) is 2.78. The summed E-state index contributed by atoms with van der Waals surface area (Å²) in [5.41, 5.74) is 0. The minimum atomic E-state index is -0.431. The van der Waals surface area contributed by atoms with Crippen LogP contribution in [0.25, 0.3) is 0 Å². The Labute approximate surface area is 58.2 Å². The van der Waals surface area contributed by atoms with Gasteiger partial charge >= 0.3 is 6.03 Å². The number of amides is 3. The van der Waals surface area contributed by atoms with E-state index in [-0.39, 0.29) is 12.5 Å². The Morgan fingerprint density at radius 2 is 2.30 bits per heavy atom. The zero-order valence-corrected chi connectivity index (χ0v) is 5.47. The lowest BCUT2D eigenvalue weighted by Gasteiger charge is -1.98. The Kier molecular flexibility index (Phi) is 1.59. The molecule has 1 N–H and O–H groups in total. The van der Waals surface area contributed by atoms with Gasteiger partial charge in [0.15, 0.2) is 0 Å². The minimum Gasteiger partial charge on any atom is -0.276 e. The molecule has 0 unspecified atom stereocenters. The van der Waals surface area contributed by atoms with Gasteiger partial charge in [0.05, 0.1) is 0 Å². The molecule has 1 fully saturated rings. The molecular formula is C6H6N2O2. The van der Waals surface area contributed by atoms with Crippen molar-refractivity contribution in [3.63, 3.8) is 0 Å². The molecule has 1 saturated heterocycles. The van der Waals surface area contributed by atoms with Gasteiger partial charge in [-0.15, -0.1) is 0 Å². The zero-order chi connectivity index (χ0) is 7.56. The van der Waals surface area contributed by atoms with Gasteiger partial charge in [0, 0.05) is 6.04 Å². The fourth-order valence-corrected chi connectivity index (χ4v) is 0.667. The molecule has 3 amide bonds. The molecule has 1 aliphatic heterocycles. The highest BCUT2D eigenvalue weighted by molar-refractivity contribution is 6.02. The summed E-state index contributed by atoms with van der Waals surface area (Å²) in [5.74, 6) is 2.23. The van der Waals surface area contributed by atoms with E-state index in [1.54, 1.807) is 6.92 Å². The van der Waals surface area contributed by atoms with Crippen molar-refractivity contribution in [2.24, 2.45) is 0 Å². The van der Waals surface area contributed by atoms with E-state index < -0.39 is 6.03 Å². The van der Waals surface area contributed by atoms with Gasteiger partial charge in [-0.2, -0.15) is 0 Å². The SMILES string of the molecule is CC#CN1CC(=O)NC1=O. The minimum absolute atomic E-state index is 0.0552. The Balaban J connectivity index is 2.69. The number of carbonyl (C=O) groups is 2. The molecular weight excluding hydrogens is 132 g/mol. The highest BCUT2D eigenvalue weighted by Crippen LogP contribution is 1.93. The van der Waals surface area contributed by atoms with Crippen LogP contribution in [0.3, 0.4) is 0 Å². The average molecular weight is 138 g/mol. The van der Waals surface area contributed by atoms with Crippen LogP contribution < -0.4 is 5.32 Å². The third kappa shape index (κ3) is 1.08. The summed E-state index contributed by atoms with van der Waals surface area (Å²) in [5, 5.41) is 2.10. The van der Waals surface area contributed by atoms with Gasteiger partial charge in [-0.1, -0.05) is 5.92 Å². The first-order valence-corrected chi connectivity index (χ1v) is 2.78. The third-order valence-electron chi connectivity index (χ3n) is 1.04. The summed E-state index contributed by atoms with van der Waals surface area (Å²) in [6.45, 7) is 1.66. The van der Waals surface area contributed by atoms with Gasteiger partial charge in [-0.3, -0.25) is 10.1 Å². The van der Waals surface area contributed by atoms with Crippen LogP contribution in [0.5, 0.6) is 0 Å². The fraction of sp³-hybridized carbons (Fsp3) is 0.333. The van der Waals surface area contributed by atoms with E-state index in [1.807, 2.05) is 0 Å². The lowest BCUT2D eigenvalue weighted by Crippen LogP contribution is -2.24. The van der Waals surface area contributed by atoms with E-state index in [0.717, 1.165) is 4.90 Å². The molecule has 0 bridgehead atoms. The summed E-state index contributed by atoms with van der Waals surface area (Å²) in [6.07, 6.45) is 0. The largest absolute Gasteiger partial charge is 0.336 e. The molecule has 1 heterocycles. The molecule has 0 spiro atoms. The second kappa shape index (κ2) is 2.40. The third-order valence-corrected chi connectivity index (χ3v) is 1.04. The molecule has 4 nitrogen and oxygen atoms in total. The smallest absolute Gasteiger partial charge is 0.276 e. The Morgan fingerprint density at radius 1 is 1.60 bits per heavy atom.